The number of benzene rings is 2. The van der Waals surface area contributed by atoms with Crippen LogP contribution in [0, 0.1) is 0 Å². The Kier molecular flexibility index (Phi) is 2.63. The van der Waals surface area contributed by atoms with E-state index in [1.54, 1.807) is 0 Å². The van der Waals surface area contributed by atoms with Crippen LogP contribution >= 0.6 is 15.9 Å². The van der Waals surface area contributed by atoms with Crippen LogP contribution in [-0.4, -0.2) is 11.4 Å². The van der Waals surface area contributed by atoms with Gasteiger partial charge in [-0.2, -0.15) is 0 Å². The smallest absolute Gasteiger partial charge is 0.198 e. The summed E-state index contributed by atoms with van der Waals surface area (Å²) in [6.45, 7) is 0. The van der Waals surface area contributed by atoms with Gasteiger partial charge in [-0.3, -0.25) is 4.79 Å². The van der Waals surface area contributed by atoms with Crippen molar-refractivity contribution in [3.05, 3.63) is 69.7 Å². The summed E-state index contributed by atoms with van der Waals surface area (Å²) in [6.07, 6.45) is 1.61. The Balaban J connectivity index is 1.69. The third-order valence-electron chi connectivity index (χ3n) is 4.28. The standard InChI is InChI=1S/C17H13BrO2/c18-13-7-5-12(6-8-13)16-17(20-16)10-9-11-3-1-2-4-14(11)15(17)19/h1-8,16H,9-10H2/t16-,17-/m0/s1. The van der Waals surface area contributed by atoms with E-state index in [1.165, 1.54) is 0 Å². The summed E-state index contributed by atoms with van der Waals surface area (Å²) in [5.41, 5.74) is 2.45. The number of hydrogen-bond donors (Lipinski definition) is 0. The zero-order valence-corrected chi connectivity index (χ0v) is 12.4. The van der Waals surface area contributed by atoms with Gasteiger partial charge >= 0.3 is 0 Å². The van der Waals surface area contributed by atoms with Crippen molar-refractivity contribution in [2.75, 3.05) is 0 Å². The number of carbonyl (C=O) groups is 1. The summed E-state index contributed by atoms with van der Waals surface area (Å²) >= 11 is 3.43. The van der Waals surface area contributed by atoms with Crippen LogP contribution in [-0.2, 0) is 11.2 Å². The summed E-state index contributed by atoms with van der Waals surface area (Å²) < 4.78 is 6.91. The van der Waals surface area contributed by atoms with Crippen LogP contribution in [0.25, 0.3) is 0 Å². The van der Waals surface area contributed by atoms with Gasteiger partial charge in [0.1, 0.15) is 6.10 Å². The molecule has 2 aromatic rings. The quantitative estimate of drug-likeness (QED) is 0.738. The second-order valence-electron chi connectivity index (χ2n) is 5.43. The number of carbonyl (C=O) groups excluding carboxylic acids is 1. The Morgan fingerprint density at radius 1 is 1.10 bits per heavy atom. The van der Waals surface area contributed by atoms with Crippen molar-refractivity contribution in [1.82, 2.24) is 0 Å². The second kappa shape index (κ2) is 4.27. The van der Waals surface area contributed by atoms with Gasteiger partial charge in [-0.1, -0.05) is 52.3 Å². The zero-order valence-electron chi connectivity index (χ0n) is 10.8. The molecular formula is C17H13BrO2. The third kappa shape index (κ3) is 1.70. The maximum Gasteiger partial charge on any atom is 0.198 e. The minimum absolute atomic E-state index is 0.0866. The molecule has 1 saturated heterocycles. The molecule has 2 atom stereocenters. The number of rotatable bonds is 1. The Morgan fingerprint density at radius 2 is 1.85 bits per heavy atom. The van der Waals surface area contributed by atoms with Crippen molar-refractivity contribution in [1.29, 1.82) is 0 Å². The van der Waals surface area contributed by atoms with Crippen molar-refractivity contribution in [3.63, 3.8) is 0 Å². The van der Waals surface area contributed by atoms with E-state index in [1.807, 2.05) is 48.5 Å². The van der Waals surface area contributed by atoms with E-state index < -0.39 is 5.60 Å². The molecule has 1 heterocycles. The van der Waals surface area contributed by atoms with Gasteiger partial charge in [0.25, 0.3) is 0 Å². The molecule has 0 saturated carbocycles. The molecule has 0 radical (unpaired) electrons. The van der Waals surface area contributed by atoms with Crippen LogP contribution < -0.4 is 0 Å². The molecule has 2 aromatic carbocycles. The van der Waals surface area contributed by atoms with E-state index >= 15 is 0 Å². The van der Waals surface area contributed by atoms with E-state index in [4.69, 9.17) is 4.74 Å². The first kappa shape index (κ1) is 12.3. The van der Waals surface area contributed by atoms with Crippen molar-refractivity contribution in [2.24, 2.45) is 0 Å². The number of epoxide rings is 1. The third-order valence-corrected chi connectivity index (χ3v) is 4.81. The summed E-state index contributed by atoms with van der Waals surface area (Å²) in [5.74, 6) is 0.146. The van der Waals surface area contributed by atoms with E-state index in [0.717, 1.165) is 34.0 Å². The van der Waals surface area contributed by atoms with Crippen LogP contribution in [0.1, 0.15) is 34.0 Å². The van der Waals surface area contributed by atoms with Gasteiger partial charge in [-0.15, -0.1) is 0 Å². The van der Waals surface area contributed by atoms with Gasteiger partial charge in [0.2, 0.25) is 0 Å². The van der Waals surface area contributed by atoms with Gasteiger partial charge in [0, 0.05) is 10.0 Å². The summed E-state index contributed by atoms with van der Waals surface area (Å²) in [6, 6.07) is 15.9. The van der Waals surface area contributed by atoms with Crippen molar-refractivity contribution < 1.29 is 9.53 Å². The molecule has 0 aromatic heterocycles. The molecule has 4 rings (SSSR count). The molecule has 1 fully saturated rings. The largest absolute Gasteiger partial charge is 0.352 e. The van der Waals surface area contributed by atoms with Gasteiger partial charge in [0.05, 0.1) is 0 Å². The van der Waals surface area contributed by atoms with E-state index in [9.17, 15) is 4.79 Å². The highest BCUT2D eigenvalue weighted by atomic mass is 79.9. The van der Waals surface area contributed by atoms with E-state index in [-0.39, 0.29) is 11.9 Å². The number of Topliss-reactive ketones (excluding diaryl/α,β-unsaturated/α-hetero) is 1. The molecule has 3 heteroatoms. The molecule has 20 heavy (non-hydrogen) atoms. The molecule has 100 valence electrons. The Hall–Kier alpha value is -1.45. The molecule has 0 N–H and O–H groups in total. The maximum absolute atomic E-state index is 12.7. The number of ether oxygens (including phenoxy) is 1. The normalized spacial score (nSPS) is 27.4. The van der Waals surface area contributed by atoms with Gasteiger partial charge < -0.3 is 4.74 Å². The lowest BCUT2D eigenvalue weighted by molar-refractivity contribution is 0.0850. The first-order chi connectivity index (χ1) is 9.71. The average molecular weight is 329 g/mol. The topological polar surface area (TPSA) is 29.6 Å². The van der Waals surface area contributed by atoms with Crippen LogP contribution in [0.15, 0.2) is 53.0 Å². The summed E-state index contributed by atoms with van der Waals surface area (Å²) in [5, 5.41) is 0. The highest BCUT2D eigenvalue weighted by Crippen LogP contribution is 2.56. The monoisotopic (exact) mass is 328 g/mol. The predicted octanol–water partition coefficient (Wildman–Crippen LogP) is 4.09. The fourth-order valence-corrected chi connectivity index (χ4v) is 3.40. The Labute approximate surface area is 125 Å². The van der Waals surface area contributed by atoms with Crippen LogP contribution in [0.4, 0.5) is 0 Å². The number of hydrogen-bond acceptors (Lipinski definition) is 2. The van der Waals surface area contributed by atoms with Crippen molar-refractivity contribution in [3.8, 4) is 0 Å². The second-order valence-corrected chi connectivity index (χ2v) is 6.34. The molecule has 0 bridgehead atoms. The molecule has 1 spiro atoms. The van der Waals surface area contributed by atoms with E-state index in [0.29, 0.717) is 0 Å². The lowest BCUT2D eigenvalue weighted by Crippen LogP contribution is -2.31. The van der Waals surface area contributed by atoms with Gasteiger partial charge in [0.15, 0.2) is 11.4 Å². The fraction of sp³-hybridized carbons (Fsp3) is 0.235. The molecule has 0 amide bonds. The lowest BCUT2D eigenvalue weighted by Gasteiger charge is -2.20. The Bertz CT molecular complexity index is 692. The van der Waals surface area contributed by atoms with Gasteiger partial charge in [-0.05, 0) is 36.1 Å². The average Bonchev–Trinajstić information content (AvgIpc) is 3.20. The first-order valence-corrected chi connectivity index (χ1v) is 7.56. The van der Waals surface area contributed by atoms with Crippen LogP contribution in [0.2, 0.25) is 0 Å². The number of ketones is 1. The SMILES string of the molecule is O=C1c2ccccc2CC[C@]12O[C@H]2c1ccc(Br)cc1. The molecule has 0 unspecified atom stereocenters. The maximum atomic E-state index is 12.7. The number of aryl methyl sites for hydroxylation is 1. The fourth-order valence-electron chi connectivity index (χ4n) is 3.14. The summed E-state index contributed by atoms with van der Waals surface area (Å²) in [4.78, 5) is 12.7. The van der Waals surface area contributed by atoms with Crippen LogP contribution in [0.5, 0.6) is 0 Å². The lowest BCUT2D eigenvalue weighted by atomic mass is 9.79. The molecular weight excluding hydrogens is 316 g/mol. The Morgan fingerprint density at radius 3 is 2.65 bits per heavy atom. The highest BCUT2D eigenvalue weighted by Gasteiger charge is 2.63. The summed E-state index contributed by atoms with van der Waals surface area (Å²) in [7, 11) is 0. The number of halogens is 1. The minimum Gasteiger partial charge on any atom is -0.352 e. The highest BCUT2D eigenvalue weighted by molar-refractivity contribution is 9.10. The molecule has 1 aliphatic heterocycles. The number of fused-ring (bicyclic) bond motifs is 1. The minimum atomic E-state index is -0.609. The molecule has 2 aliphatic rings. The zero-order chi connectivity index (χ0) is 13.7. The van der Waals surface area contributed by atoms with Gasteiger partial charge in [-0.25, -0.2) is 0 Å². The van der Waals surface area contributed by atoms with Crippen molar-refractivity contribution >= 4 is 21.7 Å². The molecule has 2 nitrogen and oxygen atoms in total. The van der Waals surface area contributed by atoms with Crippen LogP contribution in [0.3, 0.4) is 0 Å². The predicted molar refractivity (Wildman–Crippen MR) is 79.8 cm³/mol. The first-order valence-electron chi connectivity index (χ1n) is 6.77. The van der Waals surface area contributed by atoms with Crippen molar-refractivity contribution in [2.45, 2.75) is 24.5 Å². The molecule has 1 aliphatic carbocycles. The van der Waals surface area contributed by atoms with E-state index in [2.05, 4.69) is 15.9 Å².